The van der Waals surface area contributed by atoms with Crippen molar-refractivity contribution >= 4 is 28.1 Å². The maximum Gasteiger partial charge on any atom is 0.237 e. The molecular formula is C27H25FN8O. The zero-order valence-electron chi connectivity index (χ0n) is 20.3. The Morgan fingerprint density at radius 1 is 1.03 bits per heavy atom. The zero-order valence-corrected chi connectivity index (χ0v) is 20.3. The summed E-state index contributed by atoms with van der Waals surface area (Å²) in [7, 11) is 0. The van der Waals surface area contributed by atoms with Crippen LogP contribution in [0.4, 0.5) is 21.7 Å². The molecule has 5 aromatic rings. The van der Waals surface area contributed by atoms with E-state index < -0.39 is 0 Å². The minimum atomic E-state index is -0.314. The number of benzene rings is 1. The lowest BCUT2D eigenvalue weighted by molar-refractivity contribution is 0.311. The first-order valence-corrected chi connectivity index (χ1v) is 12.4. The van der Waals surface area contributed by atoms with Crippen LogP contribution in [0.25, 0.3) is 21.9 Å². The number of imidazole rings is 1. The number of pyridine rings is 2. The number of aryl methyl sites for hydroxylation is 2. The Balaban J connectivity index is 1.21. The van der Waals surface area contributed by atoms with Crippen molar-refractivity contribution in [3.05, 3.63) is 72.0 Å². The minimum Gasteiger partial charge on any atom is -0.476 e. The largest absolute Gasteiger partial charge is 0.476 e. The fraction of sp³-hybridized carbons (Fsp3) is 0.259. The van der Waals surface area contributed by atoms with Gasteiger partial charge in [-0.3, -0.25) is 4.68 Å². The highest BCUT2D eigenvalue weighted by Gasteiger charge is 2.19. The van der Waals surface area contributed by atoms with Crippen molar-refractivity contribution in [1.29, 1.82) is 0 Å². The van der Waals surface area contributed by atoms with Gasteiger partial charge < -0.3 is 19.9 Å². The maximum absolute atomic E-state index is 15.2. The van der Waals surface area contributed by atoms with E-state index in [0.717, 1.165) is 70.9 Å². The summed E-state index contributed by atoms with van der Waals surface area (Å²) in [5.74, 6) is 2.62. The molecule has 4 aromatic heterocycles. The van der Waals surface area contributed by atoms with E-state index in [-0.39, 0.29) is 5.82 Å². The van der Waals surface area contributed by atoms with Gasteiger partial charge in [-0.2, -0.15) is 5.10 Å². The number of halogens is 1. The lowest BCUT2D eigenvalue weighted by Crippen LogP contribution is -2.06. The van der Waals surface area contributed by atoms with Gasteiger partial charge >= 0.3 is 0 Å². The normalized spacial score (nSPS) is 14.5. The molecular weight excluding hydrogens is 471 g/mol. The Morgan fingerprint density at radius 2 is 1.97 bits per heavy atom. The molecule has 0 amide bonds. The van der Waals surface area contributed by atoms with Crippen LogP contribution in [-0.4, -0.2) is 42.5 Å². The molecule has 6 heterocycles. The number of nitrogens with zero attached hydrogens (tertiary/aromatic N) is 6. The second-order valence-corrected chi connectivity index (χ2v) is 9.44. The number of aromatic nitrogens is 6. The Labute approximate surface area is 212 Å². The molecule has 9 nitrogen and oxygen atoms in total. The quantitative estimate of drug-likeness (QED) is 0.375. The first kappa shape index (κ1) is 21.8. The SMILES string of the molecule is Cc1c(-c2cc3cc(Nc4cc5n(n4)Cc4nccn4CC5)ncc3cc2F)cnc2c1NCCCO2. The summed E-state index contributed by atoms with van der Waals surface area (Å²) in [6.07, 6.45) is 8.97. The summed E-state index contributed by atoms with van der Waals surface area (Å²) in [4.78, 5) is 13.4. The third kappa shape index (κ3) is 3.85. The van der Waals surface area contributed by atoms with Crippen LogP contribution in [0.15, 0.2) is 49.1 Å². The average Bonchev–Trinajstić information content (AvgIpc) is 3.36. The van der Waals surface area contributed by atoms with Crippen LogP contribution in [-0.2, 0) is 19.5 Å². The van der Waals surface area contributed by atoms with Gasteiger partial charge in [0.1, 0.15) is 23.1 Å². The first-order chi connectivity index (χ1) is 18.1. The van der Waals surface area contributed by atoms with Crippen LogP contribution in [0.2, 0.25) is 0 Å². The Morgan fingerprint density at radius 3 is 2.92 bits per heavy atom. The predicted molar refractivity (Wildman–Crippen MR) is 139 cm³/mol. The molecule has 10 heteroatoms. The maximum atomic E-state index is 15.2. The van der Waals surface area contributed by atoms with Crippen molar-refractivity contribution in [3.8, 4) is 17.0 Å². The van der Waals surface area contributed by atoms with Crippen molar-refractivity contribution in [2.24, 2.45) is 0 Å². The third-order valence-electron chi connectivity index (χ3n) is 7.08. The van der Waals surface area contributed by atoms with E-state index in [2.05, 4.69) is 30.2 Å². The molecule has 0 spiro atoms. The molecule has 2 aliphatic heterocycles. The van der Waals surface area contributed by atoms with Gasteiger partial charge in [-0.1, -0.05) is 0 Å². The Bertz CT molecular complexity index is 1660. The molecule has 2 N–H and O–H groups in total. The van der Waals surface area contributed by atoms with Gasteiger partial charge in [-0.15, -0.1) is 0 Å². The van der Waals surface area contributed by atoms with Crippen molar-refractivity contribution in [3.63, 3.8) is 0 Å². The smallest absolute Gasteiger partial charge is 0.237 e. The summed E-state index contributed by atoms with van der Waals surface area (Å²) >= 11 is 0. The molecule has 0 saturated heterocycles. The van der Waals surface area contributed by atoms with Crippen LogP contribution in [0.3, 0.4) is 0 Å². The molecule has 0 bridgehead atoms. The Hall–Kier alpha value is -4.47. The Kier molecular flexibility index (Phi) is 5.05. The van der Waals surface area contributed by atoms with E-state index in [1.807, 2.05) is 42.2 Å². The van der Waals surface area contributed by atoms with Gasteiger partial charge in [0.05, 0.1) is 13.2 Å². The van der Waals surface area contributed by atoms with E-state index in [1.54, 1.807) is 12.4 Å². The fourth-order valence-corrected chi connectivity index (χ4v) is 5.11. The molecule has 0 saturated carbocycles. The van der Waals surface area contributed by atoms with Gasteiger partial charge in [-0.25, -0.2) is 19.3 Å². The van der Waals surface area contributed by atoms with E-state index in [0.29, 0.717) is 30.4 Å². The standard InChI is InChI=1S/C27H25FN8O/c1-16-21(14-32-27-26(16)30-4-2-8-37-27)20-9-17-11-23(31-13-18(17)10-22(20)28)33-24-12-19-3-6-35-7-5-29-25(35)15-36(19)34-24/h5,7,9-14,30H,2-4,6,8,15H2,1H3,(H,31,33,34). The second-order valence-electron chi connectivity index (χ2n) is 9.44. The van der Waals surface area contributed by atoms with Gasteiger partial charge in [0, 0.05) is 72.6 Å². The monoisotopic (exact) mass is 496 g/mol. The van der Waals surface area contributed by atoms with Crippen LogP contribution < -0.4 is 15.4 Å². The van der Waals surface area contributed by atoms with E-state index >= 15 is 4.39 Å². The molecule has 37 heavy (non-hydrogen) atoms. The van der Waals surface area contributed by atoms with Gasteiger partial charge in [0.15, 0.2) is 5.82 Å². The molecule has 2 aliphatic rings. The minimum absolute atomic E-state index is 0.314. The van der Waals surface area contributed by atoms with E-state index in [1.165, 1.54) is 6.07 Å². The third-order valence-corrected chi connectivity index (χ3v) is 7.08. The van der Waals surface area contributed by atoms with Crippen molar-refractivity contribution < 1.29 is 9.13 Å². The molecule has 0 fully saturated rings. The van der Waals surface area contributed by atoms with Crippen molar-refractivity contribution in [2.45, 2.75) is 32.9 Å². The van der Waals surface area contributed by atoms with Crippen LogP contribution in [0.1, 0.15) is 23.5 Å². The lowest BCUT2D eigenvalue weighted by atomic mass is 9.98. The summed E-state index contributed by atoms with van der Waals surface area (Å²) in [6, 6.07) is 7.35. The van der Waals surface area contributed by atoms with E-state index in [4.69, 9.17) is 9.84 Å². The molecule has 0 atom stereocenters. The van der Waals surface area contributed by atoms with Gasteiger partial charge in [-0.05, 0) is 42.5 Å². The highest BCUT2D eigenvalue weighted by atomic mass is 19.1. The van der Waals surface area contributed by atoms with Crippen LogP contribution >= 0.6 is 0 Å². The number of anilines is 3. The number of nitrogens with one attached hydrogen (secondary N) is 2. The number of hydrogen-bond acceptors (Lipinski definition) is 7. The summed E-state index contributed by atoms with van der Waals surface area (Å²) in [5, 5.41) is 13.0. The molecule has 0 radical (unpaired) electrons. The van der Waals surface area contributed by atoms with Crippen LogP contribution in [0.5, 0.6) is 5.88 Å². The number of fused-ring (bicyclic) bond motifs is 4. The van der Waals surface area contributed by atoms with Crippen LogP contribution in [0, 0.1) is 12.7 Å². The van der Waals surface area contributed by atoms with Crippen molar-refractivity contribution in [1.82, 2.24) is 29.3 Å². The average molecular weight is 497 g/mol. The highest BCUT2D eigenvalue weighted by molar-refractivity contribution is 5.90. The van der Waals surface area contributed by atoms with E-state index in [9.17, 15) is 0 Å². The molecule has 0 unspecified atom stereocenters. The first-order valence-electron chi connectivity index (χ1n) is 12.4. The molecule has 186 valence electrons. The predicted octanol–water partition coefficient (Wildman–Crippen LogP) is 4.68. The number of ether oxygens (including phenoxy) is 1. The lowest BCUT2D eigenvalue weighted by Gasteiger charge is -2.15. The molecule has 1 aromatic carbocycles. The van der Waals surface area contributed by atoms with Gasteiger partial charge in [0.25, 0.3) is 0 Å². The summed E-state index contributed by atoms with van der Waals surface area (Å²) in [5.41, 5.74) is 4.11. The zero-order chi connectivity index (χ0) is 24.9. The summed E-state index contributed by atoms with van der Waals surface area (Å²) in [6.45, 7) is 4.88. The second kappa shape index (κ2) is 8.58. The van der Waals surface area contributed by atoms with Gasteiger partial charge in [0.2, 0.25) is 5.88 Å². The topological polar surface area (TPSA) is 94.7 Å². The molecule has 7 rings (SSSR count). The molecule has 0 aliphatic carbocycles. The van der Waals surface area contributed by atoms with Crippen molar-refractivity contribution in [2.75, 3.05) is 23.8 Å². The fourth-order valence-electron chi connectivity index (χ4n) is 5.11. The number of rotatable bonds is 3. The number of hydrogen-bond donors (Lipinski definition) is 2. The summed E-state index contributed by atoms with van der Waals surface area (Å²) < 4.78 is 25.1. The highest BCUT2D eigenvalue weighted by Crippen LogP contribution is 2.37.